The highest BCUT2D eigenvalue weighted by atomic mass is 35.5. The van der Waals surface area contributed by atoms with Crippen molar-refractivity contribution in [3.8, 4) is 5.75 Å². The number of carbonyl (C=O) groups is 2. The number of amides is 1. The fourth-order valence-electron chi connectivity index (χ4n) is 2.12. The molecule has 0 aliphatic rings. The number of ether oxygens (including phenoxy) is 2. The lowest BCUT2D eigenvalue weighted by Gasteiger charge is -2.15. The molecule has 1 N–H and O–H groups in total. The zero-order valence-electron chi connectivity index (χ0n) is 14.4. The Morgan fingerprint density at radius 2 is 1.88 bits per heavy atom. The van der Waals surface area contributed by atoms with Gasteiger partial charge in [0.05, 0.1) is 5.02 Å². The lowest BCUT2D eigenvalue weighted by Crippen LogP contribution is -2.32. The molecule has 1 amide bonds. The Morgan fingerprint density at radius 3 is 2.58 bits per heavy atom. The van der Waals surface area contributed by atoms with Crippen LogP contribution >= 0.6 is 23.2 Å². The van der Waals surface area contributed by atoms with Crippen molar-refractivity contribution in [2.24, 2.45) is 0 Å². The van der Waals surface area contributed by atoms with Crippen LogP contribution < -0.4 is 10.1 Å². The van der Waals surface area contributed by atoms with E-state index in [9.17, 15) is 9.59 Å². The van der Waals surface area contributed by atoms with E-state index in [-0.39, 0.29) is 11.6 Å². The lowest BCUT2D eigenvalue weighted by atomic mass is 10.1. The fourth-order valence-corrected chi connectivity index (χ4v) is 2.57. The van der Waals surface area contributed by atoms with Gasteiger partial charge in [0.2, 0.25) is 0 Å². The van der Waals surface area contributed by atoms with Gasteiger partial charge in [-0.3, -0.25) is 4.79 Å². The number of nitrogens with one attached hydrogen (secondary N) is 1. The maximum atomic E-state index is 12.0. The van der Waals surface area contributed by atoms with E-state index in [4.69, 9.17) is 32.7 Å². The first kappa shape index (κ1) is 20.1. The predicted molar refractivity (Wildman–Crippen MR) is 101 cm³/mol. The Hall–Kier alpha value is -2.24. The molecule has 0 aromatic heterocycles. The fraction of sp³-hybridized carbons (Fsp3) is 0.263. The van der Waals surface area contributed by atoms with E-state index >= 15 is 0 Å². The van der Waals surface area contributed by atoms with Gasteiger partial charge in [-0.05, 0) is 43.2 Å². The zero-order chi connectivity index (χ0) is 19.1. The largest absolute Gasteiger partial charge is 0.477 e. The van der Waals surface area contributed by atoms with Crippen LogP contribution in [0, 0.1) is 6.92 Å². The number of aryl methyl sites for hydroxylation is 1. The molecule has 138 valence electrons. The summed E-state index contributed by atoms with van der Waals surface area (Å²) in [5, 5.41) is 3.45. The average Bonchev–Trinajstić information content (AvgIpc) is 2.61. The van der Waals surface area contributed by atoms with Crippen LogP contribution in [0.4, 0.5) is 0 Å². The van der Waals surface area contributed by atoms with Gasteiger partial charge in [-0.1, -0.05) is 47.5 Å². The van der Waals surface area contributed by atoms with Crippen molar-refractivity contribution in [2.45, 2.75) is 26.5 Å². The number of halogens is 2. The third-order valence-electron chi connectivity index (χ3n) is 3.61. The van der Waals surface area contributed by atoms with E-state index in [1.165, 1.54) is 13.0 Å². The molecule has 2 aromatic rings. The van der Waals surface area contributed by atoms with Gasteiger partial charge in [-0.25, -0.2) is 4.79 Å². The molecule has 0 aliphatic carbocycles. The van der Waals surface area contributed by atoms with Gasteiger partial charge < -0.3 is 14.8 Å². The molecule has 0 heterocycles. The molecule has 0 bridgehead atoms. The van der Waals surface area contributed by atoms with E-state index in [1.807, 2.05) is 31.2 Å². The van der Waals surface area contributed by atoms with Crippen molar-refractivity contribution >= 4 is 35.1 Å². The SMILES string of the molecule is Cc1ccccc1CNC(=O)COC(=O)[C@@H](C)Oc1ccc(Cl)cc1Cl. The smallest absolute Gasteiger partial charge is 0.347 e. The summed E-state index contributed by atoms with van der Waals surface area (Å²) in [6.45, 7) is 3.46. The summed E-state index contributed by atoms with van der Waals surface area (Å²) in [7, 11) is 0. The van der Waals surface area contributed by atoms with Crippen molar-refractivity contribution in [2.75, 3.05) is 6.61 Å². The summed E-state index contributed by atoms with van der Waals surface area (Å²) in [6, 6.07) is 12.4. The molecule has 0 unspecified atom stereocenters. The van der Waals surface area contributed by atoms with Crippen LogP contribution in [0.1, 0.15) is 18.1 Å². The minimum atomic E-state index is -0.919. The Kier molecular flexibility index (Phi) is 7.30. The molecule has 0 aliphatic heterocycles. The van der Waals surface area contributed by atoms with Gasteiger partial charge in [0.1, 0.15) is 5.75 Å². The second-order valence-corrected chi connectivity index (χ2v) is 6.49. The summed E-state index contributed by atoms with van der Waals surface area (Å²) in [4.78, 5) is 23.8. The van der Waals surface area contributed by atoms with Crippen LogP contribution in [-0.2, 0) is 20.9 Å². The standard InChI is InChI=1S/C19H19Cl2NO4/c1-12-5-3-4-6-14(12)10-22-18(23)11-25-19(24)13(2)26-17-8-7-15(20)9-16(17)21/h3-9,13H,10-11H2,1-2H3,(H,22,23)/t13-/m1/s1. The maximum absolute atomic E-state index is 12.0. The molecule has 7 heteroatoms. The van der Waals surface area contributed by atoms with Crippen LogP contribution in [0.25, 0.3) is 0 Å². The van der Waals surface area contributed by atoms with Gasteiger partial charge >= 0.3 is 5.97 Å². The van der Waals surface area contributed by atoms with Gasteiger partial charge in [0.15, 0.2) is 12.7 Å². The number of esters is 1. The topological polar surface area (TPSA) is 64.6 Å². The molecule has 5 nitrogen and oxygen atoms in total. The molecule has 0 radical (unpaired) electrons. The highest BCUT2D eigenvalue weighted by molar-refractivity contribution is 6.35. The molecule has 26 heavy (non-hydrogen) atoms. The third-order valence-corrected chi connectivity index (χ3v) is 4.14. The minimum absolute atomic E-state index is 0.285. The summed E-state index contributed by atoms with van der Waals surface area (Å²) in [6.07, 6.45) is -0.919. The van der Waals surface area contributed by atoms with Crippen molar-refractivity contribution in [1.29, 1.82) is 0 Å². The molecule has 0 fully saturated rings. The van der Waals surface area contributed by atoms with Gasteiger partial charge in [0.25, 0.3) is 5.91 Å². The quantitative estimate of drug-likeness (QED) is 0.721. The number of hydrogen-bond acceptors (Lipinski definition) is 4. The third kappa shape index (κ3) is 5.93. The van der Waals surface area contributed by atoms with E-state index < -0.39 is 18.0 Å². The van der Waals surface area contributed by atoms with Crippen LogP contribution in [0.5, 0.6) is 5.75 Å². The van der Waals surface area contributed by atoms with Gasteiger partial charge in [-0.15, -0.1) is 0 Å². The molecular formula is C19H19Cl2NO4. The van der Waals surface area contributed by atoms with Crippen LogP contribution in [0.3, 0.4) is 0 Å². The normalized spacial score (nSPS) is 11.5. The highest BCUT2D eigenvalue weighted by Crippen LogP contribution is 2.28. The zero-order valence-corrected chi connectivity index (χ0v) is 15.9. The first-order valence-electron chi connectivity index (χ1n) is 7.96. The molecular weight excluding hydrogens is 377 g/mol. The Bertz CT molecular complexity index is 795. The summed E-state index contributed by atoms with van der Waals surface area (Å²) in [5.41, 5.74) is 2.08. The van der Waals surface area contributed by atoms with E-state index in [0.29, 0.717) is 17.3 Å². The van der Waals surface area contributed by atoms with Gasteiger partial charge in [-0.2, -0.15) is 0 Å². The Labute approximate surface area is 162 Å². The van der Waals surface area contributed by atoms with E-state index in [0.717, 1.165) is 11.1 Å². The molecule has 1 atom stereocenters. The molecule has 0 saturated heterocycles. The average molecular weight is 396 g/mol. The molecule has 2 aromatic carbocycles. The van der Waals surface area contributed by atoms with Crippen molar-refractivity contribution in [1.82, 2.24) is 5.32 Å². The highest BCUT2D eigenvalue weighted by Gasteiger charge is 2.19. The van der Waals surface area contributed by atoms with Gasteiger partial charge in [0, 0.05) is 11.6 Å². The van der Waals surface area contributed by atoms with Crippen LogP contribution in [0.2, 0.25) is 10.0 Å². The lowest BCUT2D eigenvalue weighted by molar-refractivity contribution is -0.154. The number of carbonyl (C=O) groups excluding carboxylic acids is 2. The Morgan fingerprint density at radius 1 is 1.15 bits per heavy atom. The molecule has 2 rings (SSSR count). The number of hydrogen-bond donors (Lipinski definition) is 1. The first-order chi connectivity index (χ1) is 12.4. The second kappa shape index (κ2) is 9.46. The van der Waals surface area contributed by atoms with Crippen LogP contribution in [-0.4, -0.2) is 24.6 Å². The van der Waals surface area contributed by atoms with Crippen molar-refractivity contribution in [3.05, 3.63) is 63.6 Å². The Balaban J connectivity index is 1.78. The van der Waals surface area contributed by atoms with Crippen molar-refractivity contribution < 1.29 is 19.1 Å². The number of rotatable bonds is 7. The minimum Gasteiger partial charge on any atom is -0.477 e. The maximum Gasteiger partial charge on any atom is 0.347 e. The second-order valence-electron chi connectivity index (χ2n) is 5.65. The monoisotopic (exact) mass is 395 g/mol. The van der Waals surface area contributed by atoms with E-state index in [1.54, 1.807) is 12.1 Å². The molecule has 0 saturated carbocycles. The van der Waals surface area contributed by atoms with Crippen LogP contribution in [0.15, 0.2) is 42.5 Å². The summed E-state index contributed by atoms with van der Waals surface area (Å²) in [5.74, 6) is -0.745. The summed E-state index contributed by atoms with van der Waals surface area (Å²) >= 11 is 11.8. The first-order valence-corrected chi connectivity index (χ1v) is 8.72. The van der Waals surface area contributed by atoms with E-state index in [2.05, 4.69) is 5.32 Å². The summed E-state index contributed by atoms with van der Waals surface area (Å²) < 4.78 is 10.4. The molecule has 0 spiro atoms. The van der Waals surface area contributed by atoms with Crippen molar-refractivity contribution in [3.63, 3.8) is 0 Å². The number of benzene rings is 2. The predicted octanol–water partition coefficient (Wildman–Crippen LogP) is 3.93.